The second kappa shape index (κ2) is 13.4. The molecule has 1 spiro atoms. The number of rotatable bonds is 8. The van der Waals surface area contributed by atoms with Crippen molar-refractivity contribution < 1.29 is 47.5 Å². The molecule has 2 aromatic carbocycles. The molecule has 2 bridgehead atoms. The molecule has 50 heavy (non-hydrogen) atoms. The van der Waals surface area contributed by atoms with Crippen molar-refractivity contribution in [1.29, 1.82) is 0 Å². The van der Waals surface area contributed by atoms with Crippen molar-refractivity contribution in [1.82, 2.24) is 9.97 Å². The summed E-state index contributed by atoms with van der Waals surface area (Å²) in [4.78, 5) is 60.3. The second-order valence-corrected chi connectivity index (χ2v) is 14.3. The Morgan fingerprint density at radius 3 is 2.60 bits per heavy atom. The van der Waals surface area contributed by atoms with Gasteiger partial charge in [-0.15, -0.1) is 0 Å². The Bertz CT molecular complexity index is 1830. The normalized spacial score (nSPS) is 31.4. The number of anilines is 2. The number of halogens is 2. The van der Waals surface area contributed by atoms with E-state index in [1.165, 1.54) is 36.4 Å². The van der Waals surface area contributed by atoms with Crippen molar-refractivity contribution in [3.63, 3.8) is 0 Å². The number of carbonyl (C=O) groups is 3. The molecular weight excluding hydrogens is 673 g/mol. The van der Waals surface area contributed by atoms with Gasteiger partial charge in [0.1, 0.15) is 18.8 Å². The lowest BCUT2D eigenvalue weighted by molar-refractivity contribution is -0.576. The molecule has 4 aliphatic heterocycles. The number of ether oxygens (including phenoxy) is 4. The SMILES string of the molecule is CC(=O)N(c1ccc(F)c(Cl)c1)c1ncnc2ccc(COC(=O)CCC(=O)O[C@@H]3O[C@@H]4O[C@@]5(C)CC[C@H]6[C@H](C)CC[C@@H]([C@H]3C)[C@@]46OO5)cc12. The first-order chi connectivity index (χ1) is 23.9. The standard InChI is InChI=1S/C36H39ClFN3O9/c1-19-5-8-26-20(2)33(47-34-36(26)25(19)13-14-35(4,48-34)49-50-36)46-31(44)12-11-30(43)45-17-22-6-10-29-24(15-22)32(40-18-39-29)41(21(3)42)23-7-9-28(38)27(37)16-23/h6-7,9-10,15-16,18-20,25-26,33-34H,5,8,11-14,17H2,1-4H3/t19-,20-,25+,26+,33-,34-,35-,36-/m1/s1. The van der Waals surface area contributed by atoms with Crippen LogP contribution in [0.15, 0.2) is 42.7 Å². The van der Waals surface area contributed by atoms with E-state index in [4.69, 9.17) is 40.3 Å². The fourth-order valence-electron chi connectivity index (χ4n) is 8.07. The fourth-order valence-corrected chi connectivity index (χ4v) is 8.25. The molecule has 0 unspecified atom stereocenters. The molecule has 12 nitrogen and oxygen atoms in total. The second-order valence-electron chi connectivity index (χ2n) is 13.9. The van der Waals surface area contributed by atoms with Crippen molar-refractivity contribution in [2.75, 3.05) is 4.90 Å². The van der Waals surface area contributed by atoms with Crippen LogP contribution in [0.25, 0.3) is 10.9 Å². The van der Waals surface area contributed by atoms with Gasteiger partial charge in [-0.2, -0.15) is 0 Å². The van der Waals surface area contributed by atoms with Gasteiger partial charge in [-0.25, -0.2) is 24.1 Å². The number of amides is 1. The van der Waals surface area contributed by atoms with Crippen LogP contribution >= 0.6 is 11.6 Å². The predicted octanol–water partition coefficient (Wildman–Crippen LogP) is 6.68. The number of nitrogens with zero attached hydrogens (tertiary/aromatic N) is 3. The number of fused-ring (bicyclic) bond motifs is 3. The quantitative estimate of drug-likeness (QED) is 0.183. The fraction of sp³-hybridized carbons (Fsp3) is 0.528. The van der Waals surface area contributed by atoms with Crippen molar-refractivity contribution in [3.05, 3.63) is 59.1 Å². The van der Waals surface area contributed by atoms with E-state index in [1.54, 1.807) is 18.2 Å². The molecule has 14 heteroatoms. The summed E-state index contributed by atoms with van der Waals surface area (Å²) < 4.78 is 37.8. The van der Waals surface area contributed by atoms with Crippen LogP contribution in [0.5, 0.6) is 0 Å². The maximum absolute atomic E-state index is 13.9. The van der Waals surface area contributed by atoms with Gasteiger partial charge in [0.25, 0.3) is 0 Å². The summed E-state index contributed by atoms with van der Waals surface area (Å²) in [7, 11) is 0. The Labute approximate surface area is 293 Å². The van der Waals surface area contributed by atoms with Gasteiger partial charge in [-0.1, -0.05) is 31.5 Å². The van der Waals surface area contributed by atoms with Crippen LogP contribution in [0.4, 0.5) is 15.9 Å². The van der Waals surface area contributed by atoms with E-state index in [0.29, 0.717) is 34.5 Å². The number of hydrogen-bond donors (Lipinski definition) is 0. The highest BCUT2D eigenvalue weighted by Crippen LogP contribution is 2.60. The minimum absolute atomic E-state index is 0.00301. The molecule has 8 rings (SSSR count). The van der Waals surface area contributed by atoms with E-state index in [-0.39, 0.29) is 53.9 Å². The Kier molecular flexibility index (Phi) is 9.31. The highest BCUT2D eigenvalue weighted by Gasteiger charge is 2.69. The van der Waals surface area contributed by atoms with Crippen LogP contribution in [0.3, 0.4) is 0 Å². The molecule has 5 heterocycles. The summed E-state index contributed by atoms with van der Waals surface area (Å²) in [6.07, 6.45) is 2.75. The van der Waals surface area contributed by atoms with Gasteiger partial charge in [-0.05, 0) is 73.9 Å². The minimum atomic E-state index is -0.945. The molecule has 0 N–H and O–H groups in total. The lowest BCUT2D eigenvalue weighted by atomic mass is 9.58. The van der Waals surface area contributed by atoms with Crippen LogP contribution in [0.1, 0.15) is 71.8 Å². The molecule has 4 saturated heterocycles. The zero-order valence-electron chi connectivity index (χ0n) is 28.2. The van der Waals surface area contributed by atoms with Gasteiger partial charge < -0.3 is 18.9 Å². The van der Waals surface area contributed by atoms with Crippen molar-refractivity contribution in [3.8, 4) is 0 Å². The number of esters is 2. The van der Waals surface area contributed by atoms with Crippen LogP contribution in [0, 0.1) is 29.5 Å². The minimum Gasteiger partial charge on any atom is -0.461 e. The van der Waals surface area contributed by atoms with E-state index >= 15 is 0 Å². The van der Waals surface area contributed by atoms with Crippen LogP contribution in [0.2, 0.25) is 5.02 Å². The summed E-state index contributed by atoms with van der Waals surface area (Å²) >= 11 is 5.99. The third-order valence-electron chi connectivity index (χ3n) is 10.6. The Balaban J connectivity index is 0.978. The summed E-state index contributed by atoms with van der Waals surface area (Å²) in [6, 6.07) is 9.08. The molecule has 266 valence electrons. The molecule has 3 aromatic rings. The lowest BCUT2D eigenvalue weighted by Gasteiger charge is -2.59. The molecule has 1 aliphatic carbocycles. The first kappa shape index (κ1) is 34.7. The molecule has 1 saturated carbocycles. The molecule has 1 aromatic heterocycles. The smallest absolute Gasteiger partial charge is 0.308 e. The summed E-state index contributed by atoms with van der Waals surface area (Å²) in [6.45, 7) is 7.30. The average Bonchev–Trinajstić information content (AvgIpc) is 3.32. The van der Waals surface area contributed by atoms with Gasteiger partial charge in [0.05, 0.1) is 29.1 Å². The monoisotopic (exact) mass is 711 g/mol. The molecule has 8 atom stereocenters. The van der Waals surface area contributed by atoms with E-state index in [9.17, 15) is 18.8 Å². The average molecular weight is 712 g/mol. The summed E-state index contributed by atoms with van der Waals surface area (Å²) in [5.41, 5.74) is 0.685. The largest absolute Gasteiger partial charge is 0.461 e. The third kappa shape index (κ3) is 6.23. The van der Waals surface area contributed by atoms with E-state index in [1.807, 2.05) is 13.8 Å². The highest BCUT2D eigenvalue weighted by atomic mass is 35.5. The molecule has 1 amide bonds. The number of aromatic nitrogens is 2. The van der Waals surface area contributed by atoms with Gasteiger partial charge in [-0.3, -0.25) is 19.3 Å². The topological polar surface area (TPSA) is 136 Å². The highest BCUT2D eigenvalue weighted by molar-refractivity contribution is 6.31. The zero-order chi connectivity index (χ0) is 35.4. The summed E-state index contributed by atoms with van der Waals surface area (Å²) in [5, 5.41) is 0.355. The van der Waals surface area contributed by atoms with Crippen LogP contribution in [-0.2, 0) is 49.7 Å². The van der Waals surface area contributed by atoms with Crippen LogP contribution < -0.4 is 4.90 Å². The number of carbonyl (C=O) groups excluding carboxylic acids is 3. The van der Waals surface area contributed by atoms with Crippen molar-refractivity contribution >= 4 is 51.9 Å². The Hall–Kier alpha value is -3.75. The molecule has 0 radical (unpaired) electrons. The lowest BCUT2D eigenvalue weighted by Crippen LogP contribution is -2.70. The van der Waals surface area contributed by atoms with Crippen molar-refractivity contribution in [2.24, 2.45) is 23.7 Å². The maximum Gasteiger partial charge on any atom is 0.308 e. The maximum atomic E-state index is 13.9. The van der Waals surface area contributed by atoms with Crippen LogP contribution in [-0.4, -0.2) is 51.8 Å². The Morgan fingerprint density at radius 2 is 1.82 bits per heavy atom. The van der Waals surface area contributed by atoms with Gasteiger partial charge >= 0.3 is 11.9 Å². The van der Waals surface area contributed by atoms with Gasteiger partial charge in [0.15, 0.2) is 17.7 Å². The Morgan fingerprint density at radius 1 is 1.02 bits per heavy atom. The summed E-state index contributed by atoms with van der Waals surface area (Å²) in [5.74, 6) is -2.48. The molecule has 5 fully saturated rings. The first-order valence-electron chi connectivity index (χ1n) is 16.9. The zero-order valence-corrected chi connectivity index (χ0v) is 29.0. The third-order valence-corrected chi connectivity index (χ3v) is 10.9. The van der Waals surface area contributed by atoms with Gasteiger partial charge in [0.2, 0.25) is 18.0 Å². The predicted molar refractivity (Wildman–Crippen MR) is 176 cm³/mol. The van der Waals surface area contributed by atoms with Gasteiger partial charge in [0, 0.05) is 30.6 Å². The number of benzene rings is 2. The molecular formula is C36H39ClFN3O9. The molecule has 5 aliphatic rings. The number of hydrogen-bond acceptors (Lipinski definition) is 11. The van der Waals surface area contributed by atoms with Crippen molar-refractivity contribution in [2.45, 2.75) is 96.8 Å². The van der Waals surface area contributed by atoms with E-state index < -0.39 is 41.7 Å². The van der Waals surface area contributed by atoms with E-state index in [2.05, 4.69) is 16.9 Å². The van der Waals surface area contributed by atoms with E-state index in [0.717, 1.165) is 19.3 Å². The first-order valence-corrected chi connectivity index (χ1v) is 17.3.